The number of rotatable bonds is 4. The highest BCUT2D eigenvalue weighted by Crippen LogP contribution is 2.12. The Morgan fingerprint density at radius 3 is 2.26 bits per heavy atom. The van der Waals surface area contributed by atoms with Gasteiger partial charge in [-0.25, -0.2) is 4.79 Å². The van der Waals surface area contributed by atoms with Gasteiger partial charge in [-0.2, -0.15) is 0 Å². The molecule has 0 fully saturated rings. The molecule has 0 spiro atoms. The van der Waals surface area contributed by atoms with Crippen LogP contribution in [0.15, 0.2) is 18.2 Å². The SMILES string of the molecule is COC(=O)C(NC(C)=O)C(=O)c1ccc(C)c(C)c1. The van der Waals surface area contributed by atoms with Gasteiger partial charge in [0.05, 0.1) is 7.11 Å². The van der Waals surface area contributed by atoms with Crippen LogP contribution < -0.4 is 5.32 Å². The highest BCUT2D eigenvalue weighted by atomic mass is 16.5. The summed E-state index contributed by atoms with van der Waals surface area (Å²) in [5.41, 5.74) is 2.36. The van der Waals surface area contributed by atoms with E-state index < -0.39 is 23.7 Å². The van der Waals surface area contributed by atoms with Crippen LogP contribution in [0.5, 0.6) is 0 Å². The van der Waals surface area contributed by atoms with Crippen LogP contribution in [0.2, 0.25) is 0 Å². The van der Waals surface area contributed by atoms with E-state index in [4.69, 9.17) is 0 Å². The maximum absolute atomic E-state index is 12.2. The van der Waals surface area contributed by atoms with Gasteiger partial charge in [-0.05, 0) is 31.0 Å². The number of aryl methyl sites for hydroxylation is 2. The number of carbonyl (C=O) groups is 3. The average Bonchev–Trinajstić information content (AvgIpc) is 2.37. The van der Waals surface area contributed by atoms with E-state index >= 15 is 0 Å². The lowest BCUT2D eigenvalue weighted by molar-refractivity contribution is -0.143. The molecule has 1 atom stereocenters. The normalized spacial score (nSPS) is 11.6. The number of ketones is 1. The molecule has 0 saturated carbocycles. The Balaban J connectivity index is 3.07. The van der Waals surface area contributed by atoms with E-state index in [2.05, 4.69) is 10.1 Å². The fraction of sp³-hybridized carbons (Fsp3) is 0.357. The maximum Gasteiger partial charge on any atom is 0.336 e. The van der Waals surface area contributed by atoms with Gasteiger partial charge in [0.15, 0.2) is 11.8 Å². The third-order valence-corrected chi connectivity index (χ3v) is 2.84. The minimum atomic E-state index is -1.30. The van der Waals surface area contributed by atoms with Gasteiger partial charge in [-0.15, -0.1) is 0 Å². The number of hydrogen-bond donors (Lipinski definition) is 1. The van der Waals surface area contributed by atoms with Crippen molar-refractivity contribution in [2.75, 3.05) is 7.11 Å². The molecule has 1 amide bonds. The summed E-state index contributed by atoms with van der Waals surface area (Å²) in [4.78, 5) is 34.8. The molecular weight excluding hydrogens is 246 g/mol. The molecule has 0 heterocycles. The lowest BCUT2D eigenvalue weighted by atomic mass is 9.99. The minimum absolute atomic E-state index is 0.368. The number of methoxy groups -OCH3 is 1. The van der Waals surface area contributed by atoms with Crippen molar-refractivity contribution in [2.24, 2.45) is 0 Å². The summed E-state index contributed by atoms with van der Waals surface area (Å²) in [6.45, 7) is 5.04. The maximum atomic E-state index is 12.2. The summed E-state index contributed by atoms with van der Waals surface area (Å²) in [7, 11) is 1.17. The van der Waals surface area contributed by atoms with Crippen LogP contribution in [0.4, 0.5) is 0 Å². The topological polar surface area (TPSA) is 72.5 Å². The minimum Gasteiger partial charge on any atom is -0.467 e. The lowest BCUT2D eigenvalue weighted by Gasteiger charge is -2.15. The number of ether oxygens (including phenoxy) is 1. The first-order valence-corrected chi connectivity index (χ1v) is 5.83. The van der Waals surface area contributed by atoms with Crippen molar-refractivity contribution in [1.29, 1.82) is 0 Å². The molecule has 0 aliphatic heterocycles. The van der Waals surface area contributed by atoms with E-state index in [-0.39, 0.29) is 0 Å². The molecule has 0 radical (unpaired) electrons. The number of nitrogens with one attached hydrogen (secondary N) is 1. The van der Waals surface area contributed by atoms with Crippen molar-refractivity contribution < 1.29 is 19.1 Å². The van der Waals surface area contributed by atoms with Crippen molar-refractivity contribution in [2.45, 2.75) is 26.8 Å². The smallest absolute Gasteiger partial charge is 0.336 e. The lowest BCUT2D eigenvalue weighted by Crippen LogP contribution is -2.46. The zero-order chi connectivity index (χ0) is 14.6. The van der Waals surface area contributed by atoms with E-state index in [1.54, 1.807) is 18.2 Å². The quantitative estimate of drug-likeness (QED) is 0.502. The van der Waals surface area contributed by atoms with E-state index in [1.807, 2.05) is 13.8 Å². The molecule has 1 N–H and O–H groups in total. The van der Waals surface area contributed by atoms with Crippen LogP contribution >= 0.6 is 0 Å². The predicted molar refractivity (Wildman–Crippen MR) is 69.9 cm³/mol. The first kappa shape index (κ1) is 14.9. The van der Waals surface area contributed by atoms with Crippen LogP contribution in [-0.2, 0) is 14.3 Å². The molecule has 0 aliphatic rings. The third kappa shape index (κ3) is 3.64. The highest BCUT2D eigenvalue weighted by Gasteiger charge is 2.29. The molecule has 0 saturated heterocycles. The molecular formula is C14H17NO4. The van der Waals surface area contributed by atoms with Gasteiger partial charge in [0.25, 0.3) is 0 Å². The molecule has 1 unspecified atom stereocenters. The second-order valence-electron chi connectivity index (χ2n) is 4.32. The molecule has 1 rings (SSSR count). The zero-order valence-electron chi connectivity index (χ0n) is 11.4. The molecule has 102 valence electrons. The van der Waals surface area contributed by atoms with Gasteiger partial charge in [0.2, 0.25) is 5.91 Å². The number of hydrogen-bond acceptors (Lipinski definition) is 4. The Hall–Kier alpha value is -2.17. The Labute approximate surface area is 111 Å². The van der Waals surface area contributed by atoms with Crippen molar-refractivity contribution in [3.05, 3.63) is 34.9 Å². The van der Waals surface area contributed by atoms with Gasteiger partial charge >= 0.3 is 5.97 Å². The molecule has 5 nitrogen and oxygen atoms in total. The Morgan fingerprint density at radius 1 is 1.16 bits per heavy atom. The summed E-state index contributed by atoms with van der Waals surface area (Å²) in [6.07, 6.45) is 0. The first-order chi connectivity index (χ1) is 8.86. The summed E-state index contributed by atoms with van der Waals surface area (Å²) < 4.78 is 4.54. The zero-order valence-corrected chi connectivity index (χ0v) is 11.4. The van der Waals surface area contributed by atoms with Gasteiger partial charge in [0.1, 0.15) is 0 Å². The van der Waals surface area contributed by atoms with Crippen molar-refractivity contribution in [3.8, 4) is 0 Å². The fourth-order valence-corrected chi connectivity index (χ4v) is 1.61. The predicted octanol–water partition coefficient (Wildman–Crippen LogP) is 1.16. The number of amides is 1. The van der Waals surface area contributed by atoms with Crippen molar-refractivity contribution in [1.82, 2.24) is 5.32 Å². The number of Topliss-reactive ketones (excluding diaryl/α,β-unsaturated/α-hetero) is 1. The van der Waals surface area contributed by atoms with E-state index in [1.165, 1.54) is 14.0 Å². The largest absolute Gasteiger partial charge is 0.467 e. The average molecular weight is 263 g/mol. The van der Waals surface area contributed by atoms with E-state index in [9.17, 15) is 14.4 Å². The molecule has 0 bridgehead atoms. The Morgan fingerprint density at radius 2 is 1.79 bits per heavy atom. The van der Waals surface area contributed by atoms with Gasteiger partial charge < -0.3 is 10.1 Å². The summed E-state index contributed by atoms with van der Waals surface area (Å²) in [5.74, 6) is -1.73. The fourth-order valence-electron chi connectivity index (χ4n) is 1.61. The van der Waals surface area contributed by atoms with Crippen molar-refractivity contribution in [3.63, 3.8) is 0 Å². The molecule has 0 aliphatic carbocycles. The van der Waals surface area contributed by atoms with Crippen LogP contribution in [0.3, 0.4) is 0 Å². The van der Waals surface area contributed by atoms with Crippen molar-refractivity contribution >= 4 is 17.7 Å². The number of benzene rings is 1. The van der Waals surface area contributed by atoms with Crippen LogP contribution in [-0.4, -0.2) is 30.8 Å². The summed E-state index contributed by atoms with van der Waals surface area (Å²) in [5, 5.41) is 2.30. The molecule has 1 aromatic carbocycles. The Bertz CT molecular complexity index is 522. The van der Waals surface area contributed by atoms with Crippen LogP contribution in [0.25, 0.3) is 0 Å². The molecule has 5 heteroatoms. The second kappa shape index (κ2) is 6.13. The molecule has 0 aromatic heterocycles. The van der Waals surface area contributed by atoms with E-state index in [0.717, 1.165) is 11.1 Å². The van der Waals surface area contributed by atoms with Crippen LogP contribution in [0.1, 0.15) is 28.4 Å². The van der Waals surface area contributed by atoms with Crippen LogP contribution in [0, 0.1) is 13.8 Å². The standard InChI is InChI=1S/C14H17NO4/c1-8-5-6-11(7-9(8)2)13(17)12(14(18)19-4)15-10(3)16/h5-7,12H,1-4H3,(H,15,16). The number of carbonyl (C=O) groups excluding carboxylic acids is 3. The van der Waals surface area contributed by atoms with Gasteiger partial charge in [-0.3, -0.25) is 9.59 Å². The van der Waals surface area contributed by atoms with Gasteiger partial charge in [0, 0.05) is 12.5 Å². The molecule has 19 heavy (non-hydrogen) atoms. The number of esters is 1. The summed E-state index contributed by atoms with van der Waals surface area (Å²) in [6, 6.07) is 3.81. The first-order valence-electron chi connectivity index (χ1n) is 5.83. The van der Waals surface area contributed by atoms with E-state index in [0.29, 0.717) is 5.56 Å². The Kier molecular flexibility index (Phi) is 4.80. The third-order valence-electron chi connectivity index (χ3n) is 2.84. The molecule has 1 aromatic rings. The van der Waals surface area contributed by atoms with Gasteiger partial charge in [-0.1, -0.05) is 12.1 Å². The summed E-state index contributed by atoms with van der Waals surface area (Å²) >= 11 is 0. The second-order valence-corrected chi connectivity index (χ2v) is 4.32. The highest BCUT2D eigenvalue weighted by molar-refractivity contribution is 6.13. The monoisotopic (exact) mass is 263 g/mol.